The Bertz CT molecular complexity index is 633. The van der Waals surface area contributed by atoms with Crippen molar-refractivity contribution in [1.82, 2.24) is 14.8 Å². The van der Waals surface area contributed by atoms with Gasteiger partial charge in [-0.3, -0.25) is 9.36 Å². The molecule has 0 aromatic carbocycles. The smallest absolute Gasteiger partial charge is 0.343 e. The van der Waals surface area contributed by atoms with Gasteiger partial charge in [0.05, 0.1) is 17.3 Å². The van der Waals surface area contributed by atoms with Crippen LogP contribution < -0.4 is 5.69 Å². The molecular formula is C9H13N3O5S2. The number of H-pyrrole nitrogens is 1. The third-order valence-corrected chi connectivity index (χ3v) is 5.61. The lowest BCUT2D eigenvalue weighted by Crippen LogP contribution is -2.23. The predicted molar refractivity (Wildman–Crippen MR) is 68.0 cm³/mol. The van der Waals surface area contributed by atoms with Crippen LogP contribution in [0.1, 0.15) is 6.42 Å². The first kappa shape index (κ1) is 14.1. The van der Waals surface area contributed by atoms with E-state index in [1.807, 2.05) is 0 Å². The Kier molecular flexibility index (Phi) is 3.99. The van der Waals surface area contributed by atoms with Gasteiger partial charge in [0.2, 0.25) is 0 Å². The van der Waals surface area contributed by atoms with Gasteiger partial charge in [-0.25, -0.2) is 18.3 Å². The fourth-order valence-corrected chi connectivity index (χ4v) is 4.50. The van der Waals surface area contributed by atoms with Gasteiger partial charge in [-0.1, -0.05) is 11.8 Å². The molecule has 2 rings (SSSR count). The van der Waals surface area contributed by atoms with Gasteiger partial charge in [0.1, 0.15) is 0 Å². The molecular weight excluding hydrogens is 294 g/mol. The van der Waals surface area contributed by atoms with E-state index in [0.29, 0.717) is 6.42 Å². The number of aliphatic carboxylic acids is 1. The molecule has 106 valence electrons. The number of rotatable bonds is 5. The highest BCUT2D eigenvalue weighted by molar-refractivity contribution is 7.99. The van der Waals surface area contributed by atoms with Crippen LogP contribution in [0.5, 0.6) is 0 Å². The van der Waals surface area contributed by atoms with Gasteiger partial charge in [0, 0.05) is 6.54 Å². The predicted octanol–water partition coefficient (Wildman–Crippen LogP) is -0.817. The second kappa shape index (κ2) is 5.37. The number of carboxylic acids is 1. The van der Waals surface area contributed by atoms with Crippen molar-refractivity contribution >= 4 is 27.6 Å². The summed E-state index contributed by atoms with van der Waals surface area (Å²) < 4.78 is 24.0. The lowest BCUT2D eigenvalue weighted by atomic mass is 10.1. The van der Waals surface area contributed by atoms with E-state index in [1.165, 1.54) is 4.57 Å². The van der Waals surface area contributed by atoms with Crippen LogP contribution in [-0.2, 0) is 21.2 Å². The molecule has 1 aromatic heterocycles. The molecule has 1 aromatic rings. The Morgan fingerprint density at radius 1 is 1.58 bits per heavy atom. The number of sulfone groups is 1. The largest absolute Gasteiger partial charge is 0.481 e. The van der Waals surface area contributed by atoms with Gasteiger partial charge in [-0.2, -0.15) is 0 Å². The van der Waals surface area contributed by atoms with Gasteiger partial charge in [0.15, 0.2) is 15.0 Å². The number of nitrogens with one attached hydrogen (secondary N) is 1. The van der Waals surface area contributed by atoms with Crippen LogP contribution in [0.4, 0.5) is 0 Å². The number of hydrogen-bond donors (Lipinski definition) is 2. The number of nitrogens with zero attached hydrogens (tertiary/aromatic N) is 2. The molecule has 1 saturated heterocycles. The first-order valence-electron chi connectivity index (χ1n) is 5.57. The van der Waals surface area contributed by atoms with Crippen LogP contribution >= 0.6 is 11.8 Å². The molecule has 1 aliphatic rings. The first-order valence-corrected chi connectivity index (χ1v) is 8.38. The summed E-state index contributed by atoms with van der Waals surface area (Å²) in [5, 5.41) is 14.9. The van der Waals surface area contributed by atoms with Crippen molar-refractivity contribution in [3.05, 3.63) is 10.5 Å². The highest BCUT2D eigenvalue weighted by Gasteiger charge is 2.29. The van der Waals surface area contributed by atoms with E-state index >= 15 is 0 Å². The van der Waals surface area contributed by atoms with Gasteiger partial charge >= 0.3 is 11.7 Å². The van der Waals surface area contributed by atoms with E-state index in [0.717, 1.165) is 11.8 Å². The highest BCUT2D eigenvalue weighted by Crippen LogP contribution is 2.21. The zero-order chi connectivity index (χ0) is 14.0. The van der Waals surface area contributed by atoms with Crippen LogP contribution in [0.15, 0.2) is 9.95 Å². The maximum atomic E-state index is 11.6. The van der Waals surface area contributed by atoms with Crippen molar-refractivity contribution in [3.8, 4) is 0 Å². The summed E-state index contributed by atoms with van der Waals surface area (Å²) in [6.45, 7) is 0.247. The first-order chi connectivity index (χ1) is 8.87. The molecule has 2 heterocycles. The Balaban J connectivity index is 2.09. The second-order valence-corrected chi connectivity index (χ2v) is 7.54. The van der Waals surface area contributed by atoms with Crippen molar-refractivity contribution in [3.63, 3.8) is 0 Å². The quantitative estimate of drug-likeness (QED) is 0.682. The summed E-state index contributed by atoms with van der Waals surface area (Å²) in [4.78, 5) is 22.1. The number of thioether (sulfide) groups is 1. The van der Waals surface area contributed by atoms with Gasteiger partial charge < -0.3 is 5.11 Å². The molecule has 0 saturated carbocycles. The average molecular weight is 307 g/mol. The highest BCUT2D eigenvalue weighted by atomic mass is 32.2. The summed E-state index contributed by atoms with van der Waals surface area (Å²) in [6.07, 6.45) is 0.517. The van der Waals surface area contributed by atoms with Crippen molar-refractivity contribution in [2.24, 2.45) is 5.92 Å². The van der Waals surface area contributed by atoms with Crippen LogP contribution in [-0.4, -0.2) is 51.5 Å². The van der Waals surface area contributed by atoms with E-state index in [9.17, 15) is 18.0 Å². The fraction of sp³-hybridized carbons (Fsp3) is 0.667. The summed E-state index contributed by atoms with van der Waals surface area (Å²) in [6, 6.07) is 0. The van der Waals surface area contributed by atoms with Gasteiger partial charge in [-0.15, -0.1) is 5.10 Å². The zero-order valence-corrected chi connectivity index (χ0v) is 11.5. The van der Waals surface area contributed by atoms with Gasteiger partial charge in [0.25, 0.3) is 0 Å². The maximum absolute atomic E-state index is 11.6. The molecule has 0 radical (unpaired) electrons. The molecule has 1 unspecified atom stereocenters. The Morgan fingerprint density at radius 3 is 2.89 bits per heavy atom. The van der Waals surface area contributed by atoms with Crippen molar-refractivity contribution in [1.29, 1.82) is 0 Å². The third kappa shape index (κ3) is 3.60. The molecule has 19 heavy (non-hydrogen) atoms. The number of hydrogen-bond acceptors (Lipinski definition) is 6. The molecule has 2 N–H and O–H groups in total. The monoisotopic (exact) mass is 307 g/mol. The Morgan fingerprint density at radius 2 is 2.32 bits per heavy atom. The summed E-state index contributed by atoms with van der Waals surface area (Å²) in [5.74, 6) is -1.12. The SMILES string of the molecule is O=C(O)CSc1n[nH]c(=O)n1CC1CCS(=O)(=O)C1. The molecule has 1 atom stereocenters. The molecule has 8 nitrogen and oxygen atoms in total. The number of aromatic nitrogens is 3. The Labute approximate surface area is 113 Å². The number of aromatic amines is 1. The summed E-state index contributed by atoms with van der Waals surface area (Å²) in [5.41, 5.74) is -0.447. The minimum atomic E-state index is -3.00. The van der Waals surface area contributed by atoms with E-state index < -0.39 is 21.5 Å². The topological polar surface area (TPSA) is 122 Å². The summed E-state index contributed by atoms with van der Waals surface area (Å²) >= 11 is 0.931. The molecule has 0 spiro atoms. The number of carbonyl (C=O) groups is 1. The van der Waals surface area contributed by atoms with Crippen LogP contribution in [0.2, 0.25) is 0 Å². The van der Waals surface area contributed by atoms with Crippen molar-refractivity contribution in [2.75, 3.05) is 17.3 Å². The van der Waals surface area contributed by atoms with E-state index in [1.54, 1.807) is 0 Å². The second-order valence-electron chi connectivity index (χ2n) is 4.37. The van der Waals surface area contributed by atoms with Crippen molar-refractivity contribution < 1.29 is 18.3 Å². The van der Waals surface area contributed by atoms with E-state index in [4.69, 9.17) is 5.11 Å². The molecule has 1 aliphatic heterocycles. The van der Waals surface area contributed by atoms with Crippen LogP contribution in [0.25, 0.3) is 0 Å². The van der Waals surface area contributed by atoms with E-state index in [2.05, 4.69) is 10.2 Å². The Hall–Kier alpha value is -1.29. The minimum absolute atomic E-state index is 0.0632. The maximum Gasteiger partial charge on any atom is 0.343 e. The van der Waals surface area contributed by atoms with Gasteiger partial charge in [-0.05, 0) is 12.3 Å². The molecule has 10 heteroatoms. The van der Waals surface area contributed by atoms with Crippen LogP contribution in [0, 0.1) is 5.92 Å². The molecule has 0 aliphatic carbocycles. The molecule has 1 fully saturated rings. The lowest BCUT2D eigenvalue weighted by Gasteiger charge is -2.09. The summed E-state index contributed by atoms with van der Waals surface area (Å²) in [7, 11) is -3.00. The minimum Gasteiger partial charge on any atom is -0.481 e. The van der Waals surface area contributed by atoms with E-state index in [-0.39, 0.29) is 34.9 Å². The average Bonchev–Trinajstić information content (AvgIpc) is 2.82. The fourth-order valence-electron chi connectivity index (χ4n) is 1.97. The molecule has 0 bridgehead atoms. The molecule has 0 amide bonds. The third-order valence-electron chi connectivity index (χ3n) is 2.82. The van der Waals surface area contributed by atoms with Crippen LogP contribution in [0.3, 0.4) is 0 Å². The zero-order valence-electron chi connectivity index (χ0n) is 9.90. The van der Waals surface area contributed by atoms with Crippen molar-refractivity contribution in [2.45, 2.75) is 18.1 Å². The standard InChI is InChI=1S/C9H13N3O5S2/c13-7(14)4-18-9-11-10-8(15)12(9)3-6-1-2-19(16,17)5-6/h6H,1-5H2,(H,10,15)(H,13,14). The number of carboxylic acid groups (broad SMARTS) is 1. The lowest BCUT2D eigenvalue weighted by molar-refractivity contribution is -0.133. The normalized spacial score (nSPS) is 21.6.